The van der Waals surface area contributed by atoms with Crippen LogP contribution in [0, 0.1) is 12.1 Å². The van der Waals surface area contributed by atoms with Crippen LogP contribution in [0.4, 0.5) is 18.0 Å². The highest BCUT2D eigenvalue weighted by Crippen LogP contribution is 2.33. The highest BCUT2D eigenvalue weighted by molar-refractivity contribution is 7.90. The summed E-state index contributed by atoms with van der Waals surface area (Å²) in [6, 6.07) is 18.2. The number of alkyl halides is 3. The fourth-order valence-corrected chi connectivity index (χ4v) is 5.89. The van der Waals surface area contributed by atoms with Gasteiger partial charge in [-0.1, -0.05) is 42.0 Å². The Morgan fingerprint density at radius 3 is 2.23 bits per heavy atom. The number of aromatic nitrogens is 2. The summed E-state index contributed by atoms with van der Waals surface area (Å²) in [5.41, 5.74) is 0.685. The van der Waals surface area contributed by atoms with Crippen molar-refractivity contribution in [3.05, 3.63) is 106 Å². The molecule has 0 saturated heterocycles. The first kappa shape index (κ1) is 37.2. The van der Waals surface area contributed by atoms with Gasteiger partial charge in [0, 0.05) is 5.56 Å². The molecule has 0 fully saturated rings. The number of imide groups is 1. The number of aliphatic hydroxyl groups excluding tert-OH is 1. The molecule has 1 aromatic heterocycles. The summed E-state index contributed by atoms with van der Waals surface area (Å²) in [7, 11) is -4.53. The number of carbonyl (C=O) groups excluding carboxylic acids is 3. The van der Waals surface area contributed by atoms with Crippen LogP contribution in [-0.4, -0.2) is 88.6 Å². The lowest BCUT2D eigenvalue weighted by molar-refractivity contribution is -0.712. The highest BCUT2D eigenvalue weighted by Gasteiger charge is 2.40. The van der Waals surface area contributed by atoms with E-state index in [1.54, 1.807) is 41.1 Å². The zero-order valence-electron chi connectivity index (χ0n) is 27.3. The van der Waals surface area contributed by atoms with Gasteiger partial charge in [-0.2, -0.15) is 18.3 Å². The van der Waals surface area contributed by atoms with E-state index in [4.69, 9.17) is 9.57 Å². The third kappa shape index (κ3) is 8.13. The Morgan fingerprint density at radius 1 is 1.04 bits per heavy atom. The molecule has 0 radical (unpaired) electrons. The maximum atomic E-state index is 13.5. The summed E-state index contributed by atoms with van der Waals surface area (Å²) < 4.78 is 73.9. The molecule has 52 heavy (non-hydrogen) atoms. The number of carbonyl (C=O) groups is 3. The van der Waals surface area contributed by atoms with Gasteiger partial charge in [0.05, 0.1) is 39.0 Å². The Kier molecular flexibility index (Phi) is 10.8. The smallest absolute Gasteiger partial charge is 0.435 e. The number of amides is 3. The van der Waals surface area contributed by atoms with Gasteiger partial charge in [0.15, 0.2) is 5.69 Å². The van der Waals surface area contributed by atoms with Crippen LogP contribution >= 0.6 is 0 Å². The molecule has 2 heterocycles. The highest BCUT2D eigenvalue weighted by atomic mass is 32.2. The van der Waals surface area contributed by atoms with Gasteiger partial charge < -0.3 is 19.9 Å². The van der Waals surface area contributed by atoms with Gasteiger partial charge in [0.2, 0.25) is 11.5 Å². The van der Waals surface area contributed by atoms with Crippen molar-refractivity contribution in [2.45, 2.75) is 31.1 Å². The van der Waals surface area contributed by atoms with E-state index in [0.717, 1.165) is 38.4 Å². The molecule has 1 aliphatic heterocycles. The summed E-state index contributed by atoms with van der Waals surface area (Å²) in [4.78, 5) is 42.9. The molecule has 0 spiro atoms. The third-order valence-electron chi connectivity index (χ3n) is 7.60. The minimum atomic E-state index is -4.75. The van der Waals surface area contributed by atoms with E-state index >= 15 is 0 Å². The van der Waals surface area contributed by atoms with Crippen molar-refractivity contribution < 1.29 is 55.6 Å². The van der Waals surface area contributed by atoms with Crippen molar-refractivity contribution >= 4 is 27.9 Å². The molecular weight excluding hydrogens is 715 g/mol. The van der Waals surface area contributed by atoms with Crippen molar-refractivity contribution in [3.63, 3.8) is 0 Å². The number of ether oxygens (including phenoxy) is 1. The number of hydrazine groups is 1. The van der Waals surface area contributed by atoms with E-state index in [1.807, 2.05) is 6.92 Å². The largest absolute Gasteiger partial charge is 0.569 e. The maximum absolute atomic E-state index is 13.5. The number of sulfonamides is 1. The minimum Gasteiger partial charge on any atom is -0.569 e. The molecule has 1 unspecified atom stereocenters. The van der Waals surface area contributed by atoms with Gasteiger partial charge in [0.25, 0.3) is 21.8 Å². The van der Waals surface area contributed by atoms with Gasteiger partial charge in [0.1, 0.15) is 19.7 Å². The number of rotatable bonds is 13. The standard InChI is InChI=1S/C32H30F3N7O9S/c1-20-7-9-22(10-8-20)27-19-28(32(33,34)35)36-41(27)23-11-13-24(14-12-23)52(48,49)37-31(46)50-18-16-39(15-17-43)42(47)38-51-21(2)40-29(44)25-5-3-4-6-26(25)30(40)45/h3-14,19,21,43H,15-18H2,1-2H3,(H,37,46)/b42-38-. The van der Waals surface area contributed by atoms with Crippen LogP contribution in [0.5, 0.6) is 0 Å². The molecule has 274 valence electrons. The van der Waals surface area contributed by atoms with Crippen LogP contribution in [-0.2, 0) is 25.8 Å². The zero-order valence-corrected chi connectivity index (χ0v) is 28.2. The second-order valence-electron chi connectivity index (χ2n) is 11.2. The number of nitrogens with zero attached hydrogens (tertiary/aromatic N) is 6. The van der Waals surface area contributed by atoms with Crippen molar-refractivity contribution in [2.75, 3.05) is 26.3 Å². The number of nitrogens with one attached hydrogen (secondary N) is 1. The fourth-order valence-electron chi connectivity index (χ4n) is 5.00. The average Bonchev–Trinajstić information content (AvgIpc) is 3.67. The Hall–Kier alpha value is -6.02. The summed E-state index contributed by atoms with van der Waals surface area (Å²) >= 11 is 0. The number of hydrogen-bond acceptors (Lipinski definition) is 11. The topological polar surface area (TPSA) is 199 Å². The monoisotopic (exact) mass is 745 g/mol. The Balaban J connectivity index is 1.18. The molecule has 20 heteroatoms. The number of aliphatic hydroxyl groups is 1. The predicted octanol–water partition coefficient (Wildman–Crippen LogP) is 4.03. The maximum Gasteiger partial charge on any atom is 0.435 e. The van der Waals surface area contributed by atoms with Gasteiger partial charge in [-0.25, -0.2) is 27.5 Å². The van der Waals surface area contributed by atoms with E-state index in [2.05, 4.69) is 10.4 Å². The number of aryl methyl sites for hydroxylation is 1. The zero-order chi connectivity index (χ0) is 37.8. The quantitative estimate of drug-likeness (QED) is 0.0867. The normalized spacial score (nSPS) is 13.9. The Morgan fingerprint density at radius 2 is 1.65 bits per heavy atom. The first-order valence-corrected chi connectivity index (χ1v) is 16.8. The van der Waals surface area contributed by atoms with E-state index < -0.39 is 70.7 Å². The van der Waals surface area contributed by atoms with Crippen LogP contribution in [0.15, 0.2) is 89.0 Å². The van der Waals surface area contributed by atoms with Gasteiger partial charge in [-0.3, -0.25) is 9.59 Å². The molecule has 3 aromatic carbocycles. The van der Waals surface area contributed by atoms with Crippen LogP contribution in [0.2, 0.25) is 0 Å². The van der Waals surface area contributed by atoms with Gasteiger partial charge >= 0.3 is 12.3 Å². The second-order valence-corrected chi connectivity index (χ2v) is 12.9. The van der Waals surface area contributed by atoms with E-state index in [9.17, 15) is 46.3 Å². The van der Waals surface area contributed by atoms with Crippen molar-refractivity contribution in [2.24, 2.45) is 5.28 Å². The molecule has 3 amide bonds. The molecule has 1 aliphatic rings. The lowest BCUT2D eigenvalue weighted by atomic mass is 10.1. The fraction of sp³-hybridized carbons (Fsp3) is 0.250. The summed E-state index contributed by atoms with van der Waals surface area (Å²) in [5, 5.41) is 29.7. The predicted molar refractivity (Wildman–Crippen MR) is 173 cm³/mol. The average molecular weight is 746 g/mol. The summed E-state index contributed by atoms with van der Waals surface area (Å²) in [6.07, 6.45) is -7.47. The molecule has 5 rings (SSSR count). The number of fused-ring (bicyclic) bond motifs is 1. The van der Waals surface area contributed by atoms with E-state index in [0.29, 0.717) is 5.56 Å². The first-order chi connectivity index (χ1) is 24.6. The molecule has 0 aliphatic carbocycles. The second kappa shape index (κ2) is 15.1. The Labute approximate surface area is 293 Å². The molecule has 4 aromatic rings. The summed E-state index contributed by atoms with van der Waals surface area (Å²) in [5.74, 6) is -1.30. The first-order valence-electron chi connectivity index (χ1n) is 15.3. The molecule has 16 nitrogen and oxygen atoms in total. The van der Waals surface area contributed by atoms with E-state index in [1.165, 1.54) is 31.2 Å². The van der Waals surface area contributed by atoms with Crippen molar-refractivity contribution in [3.8, 4) is 16.9 Å². The molecule has 0 saturated carbocycles. The molecule has 0 bridgehead atoms. The SMILES string of the molecule is Cc1ccc(-c2cc(C(F)(F)F)nn2-c2ccc(S(=O)(=O)NC(=O)OCCN(CCO)/[N+]([O-])=N/OC(C)N3C(=O)c4ccccc4C3=O)cc2)cc1. The van der Waals surface area contributed by atoms with Crippen molar-refractivity contribution in [1.29, 1.82) is 0 Å². The number of hydrogen-bond donors (Lipinski definition) is 2. The van der Waals surface area contributed by atoms with E-state index in [-0.39, 0.29) is 34.0 Å². The number of benzene rings is 3. The summed E-state index contributed by atoms with van der Waals surface area (Å²) in [6.45, 7) is 1.25. The van der Waals surface area contributed by atoms with Crippen LogP contribution < -0.4 is 4.72 Å². The molecular formula is C32H30F3N7O9S. The van der Waals surface area contributed by atoms with Crippen molar-refractivity contribution in [1.82, 2.24) is 24.4 Å². The lowest BCUT2D eigenvalue weighted by Gasteiger charge is -2.20. The minimum absolute atomic E-state index is 0.103. The Bertz CT molecular complexity index is 2070. The molecule has 2 N–H and O–H groups in total. The van der Waals surface area contributed by atoms with Crippen LogP contribution in [0.1, 0.15) is 38.9 Å². The third-order valence-corrected chi connectivity index (χ3v) is 8.93. The molecule has 1 atom stereocenters. The van der Waals surface area contributed by atoms with Crippen LogP contribution in [0.25, 0.3) is 16.9 Å². The van der Waals surface area contributed by atoms with Gasteiger partial charge in [-0.15, -0.1) is 5.01 Å². The van der Waals surface area contributed by atoms with Crippen LogP contribution in [0.3, 0.4) is 0 Å². The number of halogens is 3. The van der Waals surface area contributed by atoms with Gasteiger partial charge in [-0.05, 0) is 56.3 Å². The lowest BCUT2D eigenvalue weighted by Crippen LogP contribution is -2.40.